The Balaban J connectivity index is 1.59. The maximum Gasteiger partial charge on any atom is 0.159 e. The Bertz CT molecular complexity index is 540. The predicted octanol–water partition coefficient (Wildman–Crippen LogP) is 1.57. The molecule has 1 aromatic rings. The summed E-state index contributed by atoms with van der Waals surface area (Å²) in [6, 6.07) is 5.85. The van der Waals surface area contributed by atoms with Crippen molar-refractivity contribution in [3.8, 4) is 6.07 Å². The number of amidine groups is 1. The highest BCUT2D eigenvalue weighted by molar-refractivity contribution is 8.14. The fourth-order valence-corrected chi connectivity index (χ4v) is 3.39. The molecule has 0 unspecified atom stereocenters. The third-order valence-electron chi connectivity index (χ3n) is 3.54. The van der Waals surface area contributed by atoms with Crippen LogP contribution in [-0.2, 0) is 0 Å². The minimum atomic E-state index is 0.609. The van der Waals surface area contributed by atoms with Crippen LogP contribution in [0, 0.1) is 11.3 Å². The molecule has 20 heavy (non-hydrogen) atoms. The predicted molar refractivity (Wildman–Crippen MR) is 82.1 cm³/mol. The fraction of sp³-hybridized carbons (Fsp3) is 0.500. The summed E-state index contributed by atoms with van der Waals surface area (Å²) < 4.78 is 0. The van der Waals surface area contributed by atoms with E-state index in [1.807, 2.05) is 23.9 Å². The number of piperazine rings is 1. The number of aliphatic imine (C=N–C) groups is 1. The molecule has 1 atom stereocenters. The van der Waals surface area contributed by atoms with E-state index in [4.69, 9.17) is 5.26 Å². The number of nitrogens with zero attached hydrogens (tertiary/aromatic N) is 5. The van der Waals surface area contributed by atoms with E-state index in [2.05, 4.69) is 32.8 Å². The first kappa shape index (κ1) is 13.3. The Morgan fingerprint density at radius 1 is 1.25 bits per heavy atom. The van der Waals surface area contributed by atoms with Crippen molar-refractivity contribution in [2.75, 3.05) is 37.6 Å². The van der Waals surface area contributed by atoms with Crippen molar-refractivity contribution < 1.29 is 0 Å². The summed E-state index contributed by atoms with van der Waals surface area (Å²) in [5, 5.41) is 10.6. The number of anilines is 1. The van der Waals surface area contributed by atoms with Gasteiger partial charge in [-0.15, -0.1) is 0 Å². The Kier molecular flexibility index (Phi) is 3.79. The molecule has 1 aromatic heterocycles. The molecule has 0 spiro atoms. The van der Waals surface area contributed by atoms with Crippen LogP contribution in [0.4, 0.5) is 5.82 Å². The van der Waals surface area contributed by atoms with Gasteiger partial charge in [-0.25, -0.2) is 4.98 Å². The van der Waals surface area contributed by atoms with E-state index >= 15 is 0 Å². The average Bonchev–Trinajstić information content (AvgIpc) is 2.94. The van der Waals surface area contributed by atoms with Crippen LogP contribution in [0.15, 0.2) is 23.3 Å². The maximum absolute atomic E-state index is 8.79. The molecule has 6 heteroatoms. The second kappa shape index (κ2) is 5.71. The highest BCUT2D eigenvalue weighted by Gasteiger charge is 2.25. The van der Waals surface area contributed by atoms with E-state index in [-0.39, 0.29) is 0 Å². The molecule has 0 amide bonds. The molecule has 0 radical (unpaired) electrons. The minimum Gasteiger partial charge on any atom is -0.353 e. The summed E-state index contributed by atoms with van der Waals surface area (Å²) in [5.74, 6) is 0.957. The largest absolute Gasteiger partial charge is 0.353 e. The zero-order valence-corrected chi connectivity index (χ0v) is 12.3. The Labute approximate surface area is 123 Å². The smallest absolute Gasteiger partial charge is 0.159 e. The lowest BCUT2D eigenvalue weighted by molar-refractivity contribution is 0.391. The third kappa shape index (κ3) is 2.73. The van der Waals surface area contributed by atoms with Crippen molar-refractivity contribution in [2.45, 2.75) is 12.2 Å². The average molecular weight is 287 g/mol. The van der Waals surface area contributed by atoms with Gasteiger partial charge in [0.05, 0.1) is 12.1 Å². The van der Waals surface area contributed by atoms with Crippen LogP contribution in [0.1, 0.15) is 12.5 Å². The highest BCUT2D eigenvalue weighted by Crippen LogP contribution is 2.24. The minimum absolute atomic E-state index is 0.609. The Morgan fingerprint density at radius 3 is 2.55 bits per heavy atom. The van der Waals surface area contributed by atoms with Crippen molar-refractivity contribution in [1.82, 2.24) is 9.88 Å². The van der Waals surface area contributed by atoms with Crippen LogP contribution in [0.2, 0.25) is 0 Å². The van der Waals surface area contributed by atoms with E-state index in [1.165, 1.54) is 5.17 Å². The summed E-state index contributed by atoms with van der Waals surface area (Å²) in [5.41, 5.74) is 0.609. The molecule has 3 heterocycles. The molecular weight excluding hydrogens is 270 g/mol. The van der Waals surface area contributed by atoms with Crippen molar-refractivity contribution in [2.24, 2.45) is 4.99 Å². The van der Waals surface area contributed by atoms with E-state index in [1.54, 1.807) is 6.20 Å². The second-order valence-corrected chi connectivity index (χ2v) is 6.45. The van der Waals surface area contributed by atoms with Crippen molar-refractivity contribution in [3.63, 3.8) is 0 Å². The number of hydrogen-bond acceptors (Lipinski definition) is 6. The number of rotatable bonds is 1. The Hall–Kier alpha value is -1.74. The molecule has 1 fully saturated rings. The van der Waals surface area contributed by atoms with Gasteiger partial charge < -0.3 is 9.80 Å². The first-order valence-corrected chi connectivity index (χ1v) is 7.71. The maximum atomic E-state index is 8.79. The van der Waals surface area contributed by atoms with Gasteiger partial charge in [0.25, 0.3) is 0 Å². The van der Waals surface area contributed by atoms with E-state index in [9.17, 15) is 0 Å². The highest BCUT2D eigenvalue weighted by atomic mass is 32.2. The lowest BCUT2D eigenvalue weighted by Gasteiger charge is -2.36. The third-order valence-corrected chi connectivity index (χ3v) is 4.69. The lowest BCUT2D eigenvalue weighted by atomic mass is 10.3. The van der Waals surface area contributed by atoms with Gasteiger partial charge in [0.15, 0.2) is 5.17 Å². The first-order valence-electron chi connectivity index (χ1n) is 6.83. The van der Waals surface area contributed by atoms with Gasteiger partial charge in [-0.05, 0) is 12.1 Å². The second-order valence-electron chi connectivity index (χ2n) is 5.04. The first-order chi connectivity index (χ1) is 9.76. The number of pyridine rings is 1. The van der Waals surface area contributed by atoms with Crippen molar-refractivity contribution >= 4 is 22.7 Å². The van der Waals surface area contributed by atoms with Crippen LogP contribution in [0.5, 0.6) is 0 Å². The van der Waals surface area contributed by atoms with Crippen LogP contribution >= 0.6 is 11.8 Å². The molecule has 0 bridgehead atoms. The zero-order chi connectivity index (χ0) is 13.9. The van der Waals surface area contributed by atoms with Crippen LogP contribution in [0.3, 0.4) is 0 Å². The molecular formula is C14H17N5S. The summed E-state index contributed by atoms with van der Waals surface area (Å²) in [7, 11) is 0. The quantitative estimate of drug-likeness (QED) is 0.784. The molecule has 2 aliphatic heterocycles. The molecule has 104 valence electrons. The zero-order valence-electron chi connectivity index (χ0n) is 11.5. The summed E-state index contributed by atoms with van der Waals surface area (Å²) >= 11 is 1.88. The van der Waals surface area contributed by atoms with Crippen LogP contribution in [0.25, 0.3) is 0 Å². The van der Waals surface area contributed by atoms with Crippen molar-refractivity contribution in [1.29, 1.82) is 5.26 Å². The van der Waals surface area contributed by atoms with Crippen molar-refractivity contribution in [3.05, 3.63) is 23.9 Å². The lowest BCUT2D eigenvalue weighted by Crippen LogP contribution is -2.48. The monoisotopic (exact) mass is 287 g/mol. The van der Waals surface area contributed by atoms with Gasteiger partial charge in [-0.1, -0.05) is 18.7 Å². The molecule has 0 N–H and O–H groups in total. The molecule has 5 nitrogen and oxygen atoms in total. The van der Waals surface area contributed by atoms with Gasteiger partial charge in [0, 0.05) is 37.6 Å². The Morgan fingerprint density at radius 2 is 2.00 bits per heavy atom. The van der Waals surface area contributed by atoms with E-state index in [0.717, 1.165) is 38.5 Å². The topological polar surface area (TPSA) is 55.5 Å². The summed E-state index contributed by atoms with van der Waals surface area (Å²) in [6.07, 6.45) is 1.64. The molecule has 3 rings (SSSR count). The van der Waals surface area contributed by atoms with Crippen LogP contribution in [-0.4, -0.2) is 53.0 Å². The summed E-state index contributed by atoms with van der Waals surface area (Å²) in [4.78, 5) is 13.6. The van der Waals surface area contributed by atoms with Gasteiger partial charge in [-0.2, -0.15) is 5.26 Å². The number of nitriles is 1. The normalized spacial score (nSPS) is 22.6. The van der Waals surface area contributed by atoms with Crippen LogP contribution < -0.4 is 4.90 Å². The molecule has 0 aromatic carbocycles. The molecule has 0 aliphatic carbocycles. The van der Waals surface area contributed by atoms with Gasteiger partial charge in [0.1, 0.15) is 11.9 Å². The number of hydrogen-bond donors (Lipinski definition) is 0. The van der Waals surface area contributed by atoms with Gasteiger partial charge in [-0.3, -0.25) is 4.99 Å². The standard InChI is InChI=1S/C14H17N5S/c1-11-9-17-14(20-11)19-6-4-18(5-7-19)13-3-2-12(8-15)10-16-13/h2-3,10-11H,4-7,9H2,1H3/t11-/m0/s1. The molecule has 2 aliphatic rings. The number of thioether (sulfide) groups is 1. The molecule has 1 saturated heterocycles. The summed E-state index contributed by atoms with van der Waals surface area (Å²) in [6.45, 7) is 7.04. The van der Waals surface area contributed by atoms with E-state index in [0.29, 0.717) is 10.8 Å². The fourth-order valence-electron chi connectivity index (χ4n) is 2.40. The molecule has 0 saturated carbocycles. The SMILES string of the molecule is C[C@H]1CN=C(N2CCN(c3ccc(C#N)cn3)CC2)S1. The van der Waals surface area contributed by atoms with Gasteiger partial charge in [0.2, 0.25) is 0 Å². The number of aromatic nitrogens is 1. The van der Waals surface area contributed by atoms with Gasteiger partial charge >= 0.3 is 0 Å². The van der Waals surface area contributed by atoms with E-state index < -0.39 is 0 Å².